The molecule has 1 N–H and O–H groups in total. The molecular weight excluding hydrogens is 306 g/mol. The Morgan fingerprint density at radius 3 is 3.04 bits per heavy atom. The first kappa shape index (κ1) is 15.1. The highest BCUT2D eigenvalue weighted by Crippen LogP contribution is 2.42. The van der Waals surface area contributed by atoms with E-state index >= 15 is 0 Å². The number of benzene rings is 1. The fourth-order valence-corrected chi connectivity index (χ4v) is 4.33. The monoisotopic (exact) mass is 329 g/mol. The molecule has 2 fully saturated rings. The molecule has 1 unspecified atom stereocenters. The zero-order chi connectivity index (χ0) is 15.6. The van der Waals surface area contributed by atoms with Crippen LogP contribution in [0.15, 0.2) is 29.8 Å². The van der Waals surface area contributed by atoms with Gasteiger partial charge in [-0.1, -0.05) is 18.2 Å². The lowest BCUT2D eigenvalue weighted by atomic mass is 10.0. The van der Waals surface area contributed by atoms with Crippen molar-refractivity contribution < 1.29 is 4.74 Å². The van der Waals surface area contributed by atoms with E-state index in [-0.39, 0.29) is 0 Å². The van der Waals surface area contributed by atoms with E-state index in [1.807, 2.05) is 22.9 Å². The van der Waals surface area contributed by atoms with Crippen LogP contribution in [0.4, 0.5) is 0 Å². The van der Waals surface area contributed by atoms with Crippen molar-refractivity contribution in [3.05, 3.63) is 45.9 Å². The molecule has 2 heterocycles. The third kappa shape index (κ3) is 3.13. The van der Waals surface area contributed by atoms with Crippen LogP contribution in [0, 0.1) is 0 Å². The fraction of sp³-hybridized carbons (Fsp3) is 0.500. The van der Waals surface area contributed by atoms with Crippen LogP contribution in [0.5, 0.6) is 5.75 Å². The van der Waals surface area contributed by atoms with Crippen LogP contribution in [0.3, 0.4) is 0 Å². The summed E-state index contributed by atoms with van der Waals surface area (Å²) >= 11 is 1.81. The number of piperazine rings is 1. The zero-order valence-corrected chi connectivity index (χ0v) is 14.3. The highest BCUT2D eigenvalue weighted by molar-refractivity contribution is 7.09. The summed E-state index contributed by atoms with van der Waals surface area (Å²) in [4.78, 5) is 8.66. The summed E-state index contributed by atoms with van der Waals surface area (Å²) in [6, 6.07) is 8.75. The van der Waals surface area contributed by atoms with Crippen molar-refractivity contribution in [3.8, 4) is 5.75 Å². The Balaban J connectivity index is 1.59. The minimum absolute atomic E-state index is 0.356. The maximum Gasteiger partial charge on any atom is 0.123 e. The fourth-order valence-electron chi connectivity index (χ4n) is 3.46. The smallest absolute Gasteiger partial charge is 0.123 e. The summed E-state index contributed by atoms with van der Waals surface area (Å²) in [5.74, 6) is 1.71. The Labute approximate surface area is 141 Å². The standard InChI is InChI=1S/C18H23N3OS/c1-22-16-5-3-2-4-14(16)15-10-19-8-9-21(15)11-17-18(13-6-7-13)20-12-23-17/h2-5,12-13,15,19H,6-11H2,1H3. The summed E-state index contributed by atoms with van der Waals surface area (Å²) in [7, 11) is 1.76. The molecule has 0 spiro atoms. The van der Waals surface area contributed by atoms with Gasteiger partial charge in [-0.3, -0.25) is 4.90 Å². The van der Waals surface area contributed by atoms with Crippen LogP contribution >= 0.6 is 11.3 Å². The Kier molecular flexibility index (Phi) is 4.33. The first-order chi connectivity index (χ1) is 11.4. The normalized spacial score (nSPS) is 22.2. The third-order valence-corrected chi connectivity index (χ3v) is 5.67. The second kappa shape index (κ2) is 6.59. The van der Waals surface area contributed by atoms with Crippen LogP contribution in [-0.2, 0) is 6.54 Å². The number of thiazole rings is 1. The molecule has 2 aromatic rings. The molecule has 23 heavy (non-hydrogen) atoms. The van der Waals surface area contributed by atoms with Gasteiger partial charge in [0.25, 0.3) is 0 Å². The number of nitrogens with zero attached hydrogens (tertiary/aromatic N) is 2. The molecule has 0 amide bonds. The molecule has 0 bridgehead atoms. The molecule has 2 aliphatic rings. The van der Waals surface area contributed by atoms with Gasteiger partial charge in [0, 0.05) is 42.5 Å². The Hall–Kier alpha value is -1.43. The summed E-state index contributed by atoms with van der Waals surface area (Å²) in [6.07, 6.45) is 2.63. The maximum absolute atomic E-state index is 5.59. The molecule has 1 aromatic heterocycles. The largest absolute Gasteiger partial charge is 0.496 e. The lowest BCUT2D eigenvalue weighted by Gasteiger charge is -2.37. The van der Waals surface area contributed by atoms with E-state index in [2.05, 4.69) is 33.4 Å². The summed E-state index contributed by atoms with van der Waals surface area (Å²) in [5, 5.41) is 3.53. The van der Waals surface area contributed by atoms with Crippen molar-refractivity contribution in [3.63, 3.8) is 0 Å². The Morgan fingerprint density at radius 2 is 2.22 bits per heavy atom. The third-order valence-electron chi connectivity index (χ3n) is 4.84. The van der Waals surface area contributed by atoms with Gasteiger partial charge in [-0.05, 0) is 18.9 Å². The number of methoxy groups -OCH3 is 1. The topological polar surface area (TPSA) is 37.4 Å². The average molecular weight is 329 g/mol. The molecule has 1 saturated carbocycles. The number of hydrogen-bond acceptors (Lipinski definition) is 5. The van der Waals surface area contributed by atoms with Gasteiger partial charge in [0.15, 0.2) is 0 Å². The number of rotatable bonds is 5. The van der Waals surface area contributed by atoms with Gasteiger partial charge in [-0.25, -0.2) is 4.98 Å². The molecule has 1 aliphatic heterocycles. The molecule has 4 rings (SSSR count). The molecule has 5 heteroatoms. The number of para-hydroxylation sites is 1. The van der Waals surface area contributed by atoms with Gasteiger partial charge < -0.3 is 10.1 Å². The van der Waals surface area contributed by atoms with Crippen LogP contribution in [0.2, 0.25) is 0 Å². The van der Waals surface area contributed by atoms with E-state index in [4.69, 9.17) is 4.74 Å². The summed E-state index contributed by atoms with van der Waals surface area (Å²) in [5.41, 5.74) is 4.65. The molecule has 1 atom stereocenters. The van der Waals surface area contributed by atoms with Crippen LogP contribution in [0.25, 0.3) is 0 Å². The van der Waals surface area contributed by atoms with Gasteiger partial charge in [0.1, 0.15) is 5.75 Å². The highest BCUT2D eigenvalue weighted by Gasteiger charge is 2.31. The number of nitrogens with one attached hydrogen (secondary N) is 1. The van der Waals surface area contributed by atoms with Gasteiger partial charge in [0.05, 0.1) is 24.4 Å². The van der Waals surface area contributed by atoms with Crippen LogP contribution in [0.1, 0.15) is 40.9 Å². The molecule has 122 valence electrons. The predicted molar refractivity (Wildman–Crippen MR) is 93.1 cm³/mol. The van der Waals surface area contributed by atoms with Crippen molar-refractivity contribution >= 4 is 11.3 Å². The summed E-state index contributed by atoms with van der Waals surface area (Å²) < 4.78 is 5.59. The Morgan fingerprint density at radius 1 is 1.35 bits per heavy atom. The van der Waals surface area contributed by atoms with Gasteiger partial charge >= 0.3 is 0 Å². The summed E-state index contributed by atoms with van der Waals surface area (Å²) in [6.45, 7) is 4.08. The minimum atomic E-state index is 0.356. The van der Waals surface area contributed by atoms with Crippen LogP contribution in [-0.4, -0.2) is 36.6 Å². The van der Waals surface area contributed by atoms with Crippen LogP contribution < -0.4 is 10.1 Å². The number of aromatic nitrogens is 1. The van der Waals surface area contributed by atoms with Gasteiger partial charge in [-0.15, -0.1) is 11.3 Å². The molecule has 4 nitrogen and oxygen atoms in total. The molecular formula is C18H23N3OS. The molecule has 1 aromatic carbocycles. The number of hydrogen-bond donors (Lipinski definition) is 1. The Bertz CT molecular complexity index is 668. The van der Waals surface area contributed by atoms with Crippen molar-refractivity contribution in [2.24, 2.45) is 0 Å². The molecule has 0 radical (unpaired) electrons. The van der Waals surface area contributed by atoms with E-state index in [1.54, 1.807) is 7.11 Å². The van der Waals surface area contributed by atoms with E-state index < -0.39 is 0 Å². The zero-order valence-electron chi connectivity index (χ0n) is 13.5. The number of ether oxygens (including phenoxy) is 1. The molecule has 1 saturated heterocycles. The SMILES string of the molecule is COc1ccccc1C1CNCCN1Cc1scnc1C1CC1. The average Bonchev–Trinajstić information content (AvgIpc) is 3.35. The highest BCUT2D eigenvalue weighted by atomic mass is 32.1. The second-order valence-electron chi connectivity index (χ2n) is 6.37. The van der Waals surface area contributed by atoms with Crippen molar-refractivity contribution in [2.45, 2.75) is 31.3 Å². The van der Waals surface area contributed by atoms with Crippen molar-refractivity contribution in [2.75, 3.05) is 26.7 Å². The predicted octanol–water partition coefficient (Wildman–Crippen LogP) is 3.18. The van der Waals surface area contributed by atoms with Gasteiger partial charge in [0.2, 0.25) is 0 Å². The first-order valence-corrected chi connectivity index (χ1v) is 9.24. The van der Waals surface area contributed by atoms with Crippen molar-refractivity contribution in [1.29, 1.82) is 0 Å². The van der Waals surface area contributed by atoms with E-state index in [9.17, 15) is 0 Å². The first-order valence-electron chi connectivity index (χ1n) is 8.36. The van der Waals surface area contributed by atoms with E-state index in [0.29, 0.717) is 6.04 Å². The molecule has 1 aliphatic carbocycles. The lowest BCUT2D eigenvalue weighted by molar-refractivity contribution is 0.152. The maximum atomic E-state index is 5.59. The quantitative estimate of drug-likeness (QED) is 0.914. The second-order valence-corrected chi connectivity index (χ2v) is 7.31. The van der Waals surface area contributed by atoms with Crippen molar-refractivity contribution in [1.82, 2.24) is 15.2 Å². The van der Waals surface area contributed by atoms with Gasteiger partial charge in [-0.2, -0.15) is 0 Å². The minimum Gasteiger partial charge on any atom is -0.496 e. The van der Waals surface area contributed by atoms with E-state index in [1.165, 1.54) is 29.0 Å². The van der Waals surface area contributed by atoms with E-state index in [0.717, 1.165) is 37.8 Å². The lowest BCUT2D eigenvalue weighted by Crippen LogP contribution is -2.45.